The quantitative estimate of drug-likeness (QED) is 0.399. The summed E-state index contributed by atoms with van der Waals surface area (Å²) >= 11 is 11.9. The van der Waals surface area contributed by atoms with Gasteiger partial charge in [0.25, 0.3) is 0 Å². The molecule has 0 radical (unpaired) electrons. The lowest BCUT2D eigenvalue weighted by atomic mass is 9.98. The fraction of sp³-hybridized carbons (Fsp3) is 0.160. The number of nitrogens with one attached hydrogen (secondary N) is 1. The monoisotopic (exact) mass is 491 g/mol. The van der Waals surface area contributed by atoms with Crippen molar-refractivity contribution in [3.63, 3.8) is 0 Å². The Morgan fingerprint density at radius 1 is 0.970 bits per heavy atom. The summed E-state index contributed by atoms with van der Waals surface area (Å²) in [7, 11) is 0. The first kappa shape index (κ1) is 23.2. The Bertz CT molecular complexity index is 1160. The van der Waals surface area contributed by atoms with Crippen molar-refractivity contribution in [2.45, 2.75) is 12.1 Å². The van der Waals surface area contributed by atoms with Gasteiger partial charge in [-0.2, -0.15) is 13.2 Å². The summed E-state index contributed by atoms with van der Waals surface area (Å²) in [5.41, 5.74) is 3.80. The summed E-state index contributed by atoms with van der Waals surface area (Å²) in [5.74, 6) is -0.0524. The van der Waals surface area contributed by atoms with Crippen molar-refractivity contribution >= 4 is 35.4 Å². The molecule has 4 rings (SSSR count). The van der Waals surface area contributed by atoms with Crippen molar-refractivity contribution in [1.29, 1.82) is 0 Å². The van der Waals surface area contributed by atoms with Crippen LogP contribution < -0.4 is 5.32 Å². The van der Waals surface area contributed by atoms with Gasteiger partial charge in [-0.15, -0.1) is 0 Å². The van der Waals surface area contributed by atoms with Gasteiger partial charge in [0.15, 0.2) is 0 Å². The van der Waals surface area contributed by atoms with Crippen LogP contribution in [0.4, 0.5) is 18.0 Å². The molecule has 0 unspecified atom stereocenters. The van der Waals surface area contributed by atoms with Gasteiger partial charge >= 0.3 is 12.3 Å². The molecule has 3 nitrogen and oxygen atoms in total. The number of benzene rings is 3. The maximum absolute atomic E-state index is 12.8. The summed E-state index contributed by atoms with van der Waals surface area (Å²) < 4.78 is 43.9. The van der Waals surface area contributed by atoms with Crippen LogP contribution in [0.3, 0.4) is 0 Å². The van der Waals surface area contributed by atoms with E-state index in [1.807, 2.05) is 36.4 Å². The van der Waals surface area contributed by atoms with Gasteiger partial charge < -0.3 is 10.1 Å². The second kappa shape index (κ2) is 9.49. The van der Waals surface area contributed by atoms with E-state index in [9.17, 15) is 18.0 Å². The van der Waals surface area contributed by atoms with E-state index >= 15 is 0 Å². The number of hydrogen-bond donors (Lipinski definition) is 1. The highest BCUT2D eigenvalue weighted by Crippen LogP contribution is 2.44. The third-order valence-electron chi connectivity index (χ3n) is 5.40. The zero-order chi connectivity index (χ0) is 23.6. The minimum absolute atomic E-state index is 0.0524. The van der Waals surface area contributed by atoms with Gasteiger partial charge in [0, 0.05) is 28.1 Å². The standard InChI is InChI=1S/C25H18Cl2F3NO2/c26-22-12-15(25(28,29)30)13-23(27)20(22)10-5-11-31-24(32)33-14-21-18-8-3-1-6-16(18)17-7-2-4-9-19(17)21/h1-10,12-13,21H,11,14H2,(H,31,32). The van der Waals surface area contributed by atoms with Gasteiger partial charge in [0.2, 0.25) is 0 Å². The molecule has 0 aromatic heterocycles. The van der Waals surface area contributed by atoms with Crippen LogP contribution in [0.1, 0.15) is 28.2 Å². The van der Waals surface area contributed by atoms with E-state index in [0.29, 0.717) is 0 Å². The van der Waals surface area contributed by atoms with Gasteiger partial charge in [-0.05, 0) is 34.4 Å². The molecule has 1 aliphatic carbocycles. The second-order valence-corrected chi connectivity index (χ2v) is 8.27. The highest BCUT2D eigenvalue weighted by molar-refractivity contribution is 6.37. The van der Waals surface area contributed by atoms with Gasteiger partial charge in [0.05, 0.1) is 5.56 Å². The number of ether oxygens (including phenoxy) is 1. The van der Waals surface area contributed by atoms with Crippen LogP contribution >= 0.6 is 23.2 Å². The number of carbonyl (C=O) groups excluding carboxylic acids is 1. The van der Waals surface area contributed by atoms with Crippen LogP contribution in [-0.2, 0) is 10.9 Å². The van der Waals surface area contributed by atoms with E-state index in [-0.39, 0.29) is 34.7 Å². The molecular formula is C25H18Cl2F3NO2. The van der Waals surface area contributed by atoms with Crippen molar-refractivity contribution in [1.82, 2.24) is 5.32 Å². The summed E-state index contributed by atoms with van der Waals surface area (Å²) in [6.45, 7) is 0.268. The maximum atomic E-state index is 12.8. The van der Waals surface area contributed by atoms with Gasteiger partial charge in [-0.3, -0.25) is 0 Å². The molecule has 1 aliphatic rings. The summed E-state index contributed by atoms with van der Waals surface area (Å²) in [6.07, 6.45) is -2.16. The smallest absolute Gasteiger partial charge is 0.416 e. The van der Waals surface area contributed by atoms with Crippen LogP contribution in [-0.4, -0.2) is 19.2 Å². The molecule has 3 aromatic carbocycles. The third kappa shape index (κ3) is 5.02. The van der Waals surface area contributed by atoms with Crippen LogP contribution in [0.25, 0.3) is 17.2 Å². The number of alkyl halides is 3. The minimum atomic E-state index is -4.54. The topological polar surface area (TPSA) is 38.3 Å². The molecule has 0 saturated carbocycles. The molecule has 0 saturated heterocycles. The van der Waals surface area contributed by atoms with Gasteiger partial charge in [-0.1, -0.05) is 83.9 Å². The zero-order valence-corrected chi connectivity index (χ0v) is 18.6. The fourth-order valence-electron chi connectivity index (χ4n) is 3.88. The van der Waals surface area contributed by atoms with Gasteiger partial charge in [0.1, 0.15) is 6.61 Å². The number of carbonyl (C=O) groups is 1. The SMILES string of the molecule is O=C(NCC=Cc1c(Cl)cc(C(F)(F)F)cc1Cl)OCC1c2ccccc2-c2ccccc21. The van der Waals surface area contributed by atoms with Crippen molar-refractivity contribution in [3.05, 3.63) is 99.0 Å². The lowest BCUT2D eigenvalue weighted by Crippen LogP contribution is -2.26. The first-order chi connectivity index (χ1) is 15.8. The molecule has 8 heteroatoms. The molecule has 0 spiro atoms. The molecule has 0 fully saturated rings. The van der Waals surface area contributed by atoms with Crippen molar-refractivity contribution in [2.75, 3.05) is 13.2 Å². The van der Waals surface area contributed by atoms with E-state index in [4.69, 9.17) is 27.9 Å². The Labute approximate surface area is 198 Å². The lowest BCUT2D eigenvalue weighted by molar-refractivity contribution is -0.137. The minimum Gasteiger partial charge on any atom is -0.449 e. The highest BCUT2D eigenvalue weighted by Gasteiger charge is 2.32. The van der Waals surface area contributed by atoms with Crippen LogP contribution in [0, 0.1) is 0 Å². The first-order valence-electron chi connectivity index (χ1n) is 10.1. The molecule has 33 heavy (non-hydrogen) atoms. The molecule has 1 amide bonds. The molecule has 0 heterocycles. The lowest BCUT2D eigenvalue weighted by Gasteiger charge is -2.14. The Hall–Kier alpha value is -2.96. The van der Waals surface area contributed by atoms with E-state index in [2.05, 4.69) is 17.4 Å². The first-order valence-corrected chi connectivity index (χ1v) is 10.8. The molecule has 0 atom stereocenters. The summed E-state index contributed by atoms with van der Waals surface area (Å²) in [4.78, 5) is 12.2. The molecular weight excluding hydrogens is 474 g/mol. The van der Waals surface area contributed by atoms with Crippen molar-refractivity contribution in [3.8, 4) is 11.1 Å². The van der Waals surface area contributed by atoms with E-state index in [1.54, 1.807) is 0 Å². The number of hydrogen-bond acceptors (Lipinski definition) is 2. The Morgan fingerprint density at radius 3 is 2.06 bits per heavy atom. The summed E-state index contributed by atoms with van der Waals surface area (Å²) in [6, 6.07) is 17.7. The molecule has 0 bridgehead atoms. The molecule has 1 N–H and O–H groups in total. The average molecular weight is 492 g/mol. The Morgan fingerprint density at radius 2 is 1.52 bits per heavy atom. The van der Waals surface area contributed by atoms with Crippen molar-refractivity contribution in [2.24, 2.45) is 0 Å². The van der Waals surface area contributed by atoms with Crippen LogP contribution in [0.15, 0.2) is 66.7 Å². The number of alkyl carbamates (subject to hydrolysis) is 1. The van der Waals surface area contributed by atoms with Gasteiger partial charge in [-0.25, -0.2) is 4.79 Å². The number of fused-ring (bicyclic) bond motifs is 3. The second-order valence-electron chi connectivity index (χ2n) is 7.46. The Balaban J connectivity index is 1.34. The van der Waals surface area contributed by atoms with Crippen LogP contribution in [0.2, 0.25) is 10.0 Å². The van der Waals surface area contributed by atoms with E-state index in [1.165, 1.54) is 12.2 Å². The largest absolute Gasteiger partial charge is 0.449 e. The molecule has 3 aromatic rings. The predicted octanol–water partition coefficient (Wildman–Crippen LogP) is 7.56. The maximum Gasteiger partial charge on any atom is 0.416 e. The summed E-state index contributed by atoms with van der Waals surface area (Å²) in [5, 5.41) is 2.32. The predicted molar refractivity (Wildman–Crippen MR) is 124 cm³/mol. The fourth-order valence-corrected chi connectivity index (χ4v) is 4.49. The van der Waals surface area contributed by atoms with E-state index in [0.717, 1.165) is 34.4 Å². The molecule has 170 valence electrons. The number of amides is 1. The number of rotatable bonds is 5. The average Bonchev–Trinajstić information content (AvgIpc) is 3.09. The zero-order valence-electron chi connectivity index (χ0n) is 17.1. The van der Waals surface area contributed by atoms with E-state index < -0.39 is 17.8 Å². The normalized spacial score (nSPS) is 13.1. The third-order valence-corrected chi connectivity index (χ3v) is 6.02. The molecule has 0 aliphatic heterocycles. The van der Waals surface area contributed by atoms with Crippen molar-refractivity contribution < 1.29 is 22.7 Å². The Kier molecular flexibility index (Phi) is 6.68. The van der Waals surface area contributed by atoms with Crippen LogP contribution in [0.5, 0.6) is 0 Å². The highest BCUT2D eigenvalue weighted by atomic mass is 35.5. The number of halogens is 5.